The van der Waals surface area contributed by atoms with Crippen molar-refractivity contribution in [2.75, 3.05) is 5.75 Å². The summed E-state index contributed by atoms with van der Waals surface area (Å²) >= 11 is 12.8. The van der Waals surface area contributed by atoms with Crippen LogP contribution in [0.3, 0.4) is 0 Å². The molecule has 1 aromatic carbocycles. The molecule has 14 heavy (non-hydrogen) atoms. The van der Waals surface area contributed by atoms with Crippen LogP contribution in [0.4, 0.5) is 0 Å². The van der Waals surface area contributed by atoms with Gasteiger partial charge in [-0.15, -0.1) is 23.2 Å². The van der Waals surface area contributed by atoms with Crippen molar-refractivity contribution in [2.24, 2.45) is 0 Å². The van der Waals surface area contributed by atoms with E-state index in [9.17, 15) is 0 Å². The van der Waals surface area contributed by atoms with Gasteiger partial charge >= 0.3 is 0 Å². The SMILES string of the molecule is ClC(Cl)CSc1nc2ccccc2[nH]1. The highest BCUT2D eigenvalue weighted by Gasteiger charge is 2.04. The second-order valence-electron chi connectivity index (χ2n) is 2.76. The third kappa shape index (κ3) is 2.35. The molecule has 0 aliphatic heterocycles. The molecule has 2 nitrogen and oxygen atoms in total. The van der Waals surface area contributed by atoms with E-state index < -0.39 is 0 Å². The molecule has 1 aromatic heterocycles. The maximum atomic E-state index is 5.63. The third-order valence-electron chi connectivity index (χ3n) is 1.71. The summed E-state index contributed by atoms with van der Waals surface area (Å²) in [5.41, 5.74) is 2.01. The number of nitrogens with one attached hydrogen (secondary N) is 1. The molecule has 0 unspecified atom stereocenters. The number of thioether (sulfide) groups is 1. The number of para-hydroxylation sites is 2. The number of fused-ring (bicyclic) bond motifs is 1. The van der Waals surface area contributed by atoms with E-state index >= 15 is 0 Å². The Kier molecular flexibility index (Phi) is 3.21. The van der Waals surface area contributed by atoms with Gasteiger partial charge in [-0.05, 0) is 12.1 Å². The van der Waals surface area contributed by atoms with Crippen molar-refractivity contribution in [3.63, 3.8) is 0 Å². The zero-order valence-corrected chi connectivity index (χ0v) is 9.53. The molecule has 0 amide bonds. The number of hydrogen-bond donors (Lipinski definition) is 1. The van der Waals surface area contributed by atoms with Crippen LogP contribution in [0.5, 0.6) is 0 Å². The second-order valence-corrected chi connectivity index (χ2v) is 5.05. The molecule has 0 saturated carbocycles. The Morgan fingerprint density at radius 1 is 1.36 bits per heavy atom. The standard InChI is InChI=1S/C9H8Cl2N2S/c10-8(11)5-14-9-12-6-3-1-2-4-7(6)13-9/h1-4,8H,5H2,(H,12,13). The first-order valence-electron chi connectivity index (χ1n) is 4.11. The molecule has 0 aliphatic rings. The average molecular weight is 247 g/mol. The highest BCUT2D eigenvalue weighted by atomic mass is 35.5. The topological polar surface area (TPSA) is 28.7 Å². The molecule has 0 atom stereocenters. The third-order valence-corrected chi connectivity index (χ3v) is 3.36. The maximum absolute atomic E-state index is 5.63. The number of rotatable bonds is 3. The minimum Gasteiger partial charge on any atom is -0.333 e. The van der Waals surface area contributed by atoms with Crippen molar-refractivity contribution in [1.82, 2.24) is 9.97 Å². The number of hydrogen-bond acceptors (Lipinski definition) is 2. The molecule has 5 heteroatoms. The molecule has 0 aliphatic carbocycles. The largest absolute Gasteiger partial charge is 0.333 e. The lowest BCUT2D eigenvalue weighted by molar-refractivity contribution is 1.08. The van der Waals surface area contributed by atoms with Crippen LogP contribution >= 0.6 is 35.0 Å². The highest BCUT2D eigenvalue weighted by Crippen LogP contribution is 2.21. The van der Waals surface area contributed by atoms with Crippen LogP contribution in [0.1, 0.15) is 0 Å². The number of H-pyrrole nitrogens is 1. The second kappa shape index (κ2) is 4.43. The van der Waals surface area contributed by atoms with Crippen molar-refractivity contribution < 1.29 is 0 Å². The Morgan fingerprint density at radius 3 is 2.86 bits per heavy atom. The summed E-state index contributed by atoms with van der Waals surface area (Å²) in [6.07, 6.45) is 0. The summed E-state index contributed by atoms with van der Waals surface area (Å²) in [5, 5.41) is 0.859. The lowest BCUT2D eigenvalue weighted by atomic mass is 10.3. The monoisotopic (exact) mass is 246 g/mol. The van der Waals surface area contributed by atoms with E-state index in [1.54, 1.807) is 0 Å². The molecule has 74 valence electrons. The maximum Gasteiger partial charge on any atom is 0.166 e. The Morgan fingerprint density at radius 2 is 2.14 bits per heavy atom. The normalized spacial score (nSPS) is 11.4. The van der Waals surface area contributed by atoms with Gasteiger partial charge in [0.05, 0.1) is 11.0 Å². The number of alkyl halides is 2. The van der Waals surface area contributed by atoms with Crippen molar-refractivity contribution in [3.05, 3.63) is 24.3 Å². The van der Waals surface area contributed by atoms with E-state index in [1.807, 2.05) is 24.3 Å². The van der Waals surface area contributed by atoms with Crippen LogP contribution < -0.4 is 0 Å². The van der Waals surface area contributed by atoms with Gasteiger partial charge in [-0.1, -0.05) is 23.9 Å². The Balaban J connectivity index is 2.19. The quantitative estimate of drug-likeness (QED) is 0.664. The molecular weight excluding hydrogens is 239 g/mol. The van der Waals surface area contributed by atoms with Crippen LogP contribution in [0.2, 0.25) is 0 Å². The zero-order chi connectivity index (χ0) is 9.97. The van der Waals surface area contributed by atoms with Crippen LogP contribution in [0.15, 0.2) is 29.4 Å². The first kappa shape index (κ1) is 10.1. The van der Waals surface area contributed by atoms with Gasteiger partial charge < -0.3 is 4.98 Å². The predicted molar refractivity (Wildman–Crippen MR) is 62.3 cm³/mol. The van der Waals surface area contributed by atoms with E-state index in [2.05, 4.69) is 9.97 Å². The Bertz CT molecular complexity index is 394. The summed E-state index contributed by atoms with van der Waals surface area (Å²) < 4.78 is 0. The van der Waals surface area contributed by atoms with Crippen molar-refractivity contribution in [1.29, 1.82) is 0 Å². The van der Waals surface area contributed by atoms with Gasteiger partial charge in [-0.25, -0.2) is 4.98 Å². The molecule has 0 saturated heterocycles. The van der Waals surface area contributed by atoms with Gasteiger partial charge in [0.2, 0.25) is 0 Å². The van der Waals surface area contributed by atoms with Crippen LogP contribution in [0.25, 0.3) is 11.0 Å². The fourth-order valence-corrected chi connectivity index (χ4v) is 2.15. The summed E-state index contributed by atoms with van der Waals surface area (Å²) in [6.45, 7) is 0. The summed E-state index contributed by atoms with van der Waals surface area (Å²) in [7, 11) is 0. The number of benzene rings is 1. The number of aromatic nitrogens is 2. The molecule has 2 aromatic rings. The molecule has 1 N–H and O–H groups in total. The summed E-state index contributed by atoms with van der Waals surface area (Å²) in [4.78, 5) is 7.21. The highest BCUT2D eigenvalue weighted by molar-refractivity contribution is 7.99. The first-order chi connectivity index (χ1) is 6.75. The Labute approximate surface area is 96.0 Å². The number of nitrogens with zero attached hydrogens (tertiary/aromatic N) is 1. The van der Waals surface area contributed by atoms with Gasteiger partial charge in [-0.3, -0.25) is 0 Å². The zero-order valence-electron chi connectivity index (χ0n) is 7.21. The van der Waals surface area contributed by atoms with Gasteiger partial charge in [-0.2, -0.15) is 0 Å². The van der Waals surface area contributed by atoms with E-state index in [1.165, 1.54) is 11.8 Å². The van der Waals surface area contributed by atoms with Crippen molar-refractivity contribution >= 4 is 46.0 Å². The van der Waals surface area contributed by atoms with Crippen LogP contribution in [0, 0.1) is 0 Å². The first-order valence-corrected chi connectivity index (χ1v) is 5.97. The van der Waals surface area contributed by atoms with Crippen LogP contribution in [-0.4, -0.2) is 20.6 Å². The number of aromatic amines is 1. The predicted octanol–water partition coefficient (Wildman–Crippen LogP) is 3.46. The Hall–Kier alpha value is -0.380. The van der Waals surface area contributed by atoms with E-state index in [0.717, 1.165) is 16.2 Å². The van der Waals surface area contributed by atoms with Gasteiger partial charge in [0.25, 0.3) is 0 Å². The molecule has 0 radical (unpaired) electrons. The molecule has 0 bridgehead atoms. The molecule has 0 spiro atoms. The van der Waals surface area contributed by atoms with E-state index in [4.69, 9.17) is 23.2 Å². The molecular formula is C9H8Cl2N2S. The number of halogens is 2. The van der Waals surface area contributed by atoms with E-state index in [-0.39, 0.29) is 4.84 Å². The van der Waals surface area contributed by atoms with E-state index in [0.29, 0.717) is 5.75 Å². The lowest BCUT2D eigenvalue weighted by Crippen LogP contribution is -1.90. The minimum absolute atomic E-state index is 0.354. The summed E-state index contributed by atoms with van der Waals surface area (Å²) in [6, 6.07) is 7.89. The van der Waals surface area contributed by atoms with Crippen LogP contribution in [-0.2, 0) is 0 Å². The molecule has 0 fully saturated rings. The van der Waals surface area contributed by atoms with Gasteiger partial charge in [0, 0.05) is 5.75 Å². The van der Waals surface area contributed by atoms with Crippen molar-refractivity contribution in [3.8, 4) is 0 Å². The number of imidazole rings is 1. The molecule has 1 heterocycles. The minimum atomic E-state index is -0.354. The van der Waals surface area contributed by atoms with Gasteiger partial charge in [0.15, 0.2) is 5.16 Å². The fraction of sp³-hybridized carbons (Fsp3) is 0.222. The fourth-order valence-electron chi connectivity index (χ4n) is 1.14. The molecule has 2 rings (SSSR count). The average Bonchev–Trinajstić information content (AvgIpc) is 2.57. The smallest absolute Gasteiger partial charge is 0.166 e. The van der Waals surface area contributed by atoms with Gasteiger partial charge in [0.1, 0.15) is 4.84 Å². The lowest BCUT2D eigenvalue weighted by Gasteiger charge is -1.96. The summed E-state index contributed by atoms with van der Waals surface area (Å²) in [5.74, 6) is 0.642. The van der Waals surface area contributed by atoms with Crippen molar-refractivity contribution in [2.45, 2.75) is 9.99 Å².